The first-order valence-electron chi connectivity index (χ1n) is 10.6. The Bertz CT molecular complexity index is 1280. The molecule has 5 nitrogen and oxygen atoms in total. The Morgan fingerprint density at radius 3 is 2.55 bits per heavy atom. The van der Waals surface area contributed by atoms with Crippen molar-refractivity contribution in [2.45, 2.75) is 18.9 Å². The summed E-state index contributed by atoms with van der Waals surface area (Å²) in [7, 11) is 1.66. The number of carbonyl (C=O) groups excluding carboxylic acids is 1. The SMILES string of the molecule is COc1ccc2cc(-c3cc(C(=O)N4CCC(O)CC4)c4ccccc4n3)ccc2c1. The van der Waals surface area contributed by atoms with Gasteiger partial charge >= 0.3 is 0 Å². The lowest BCUT2D eigenvalue weighted by molar-refractivity contribution is 0.0548. The van der Waals surface area contributed by atoms with Crippen molar-refractivity contribution in [3.63, 3.8) is 0 Å². The Morgan fingerprint density at radius 1 is 1.00 bits per heavy atom. The second-order valence-corrected chi connectivity index (χ2v) is 8.02. The average molecular weight is 412 g/mol. The average Bonchev–Trinajstić information content (AvgIpc) is 2.82. The Hall–Kier alpha value is -3.44. The van der Waals surface area contributed by atoms with E-state index in [0.717, 1.165) is 38.7 Å². The molecule has 0 atom stereocenters. The number of fused-ring (bicyclic) bond motifs is 2. The molecule has 5 rings (SSSR count). The zero-order valence-electron chi connectivity index (χ0n) is 17.4. The lowest BCUT2D eigenvalue weighted by Crippen LogP contribution is -2.40. The number of pyridine rings is 1. The summed E-state index contributed by atoms with van der Waals surface area (Å²) in [6, 6.07) is 21.8. The topological polar surface area (TPSA) is 62.7 Å². The summed E-state index contributed by atoms with van der Waals surface area (Å²) in [5.41, 5.74) is 3.20. The third-order valence-corrected chi connectivity index (χ3v) is 6.04. The summed E-state index contributed by atoms with van der Waals surface area (Å²) in [5.74, 6) is 0.820. The number of methoxy groups -OCH3 is 1. The molecule has 1 amide bonds. The minimum atomic E-state index is -0.315. The quantitative estimate of drug-likeness (QED) is 0.532. The maximum Gasteiger partial charge on any atom is 0.254 e. The summed E-state index contributed by atoms with van der Waals surface area (Å²) in [6.45, 7) is 1.15. The zero-order chi connectivity index (χ0) is 21.4. The van der Waals surface area contributed by atoms with Crippen molar-refractivity contribution in [1.29, 1.82) is 0 Å². The van der Waals surface area contributed by atoms with Crippen LogP contribution in [-0.2, 0) is 0 Å². The molecule has 2 heterocycles. The van der Waals surface area contributed by atoms with Gasteiger partial charge < -0.3 is 14.7 Å². The van der Waals surface area contributed by atoms with E-state index in [9.17, 15) is 9.90 Å². The van der Waals surface area contributed by atoms with Crippen LogP contribution in [-0.4, -0.2) is 47.2 Å². The summed E-state index contributed by atoms with van der Waals surface area (Å²) in [4.78, 5) is 20.1. The highest BCUT2D eigenvalue weighted by molar-refractivity contribution is 6.07. The smallest absolute Gasteiger partial charge is 0.254 e. The van der Waals surface area contributed by atoms with Crippen LogP contribution in [0, 0.1) is 0 Å². The van der Waals surface area contributed by atoms with Crippen molar-refractivity contribution in [2.24, 2.45) is 0 Å². The van der Waals surface area contributed by atoms with E-state index in [1.54, 1.807) is 7.11 Å². The van der Waals surface area contributed by atoms with E-state index in [4.69, 9.17) is 9.72 Å². The fourth-order valence-electron chi connectivity index (χ4n) is 4.25. The Kier molecular flexibility index (Phi) is 5.04. The van der Waals surface area contributed by atoms with Crippen molar-refractivity contribution in [1.82, 2.24) is 9.88 Å². The second kappa shape index (κ2) is 8.00. The van der Waals surface area contributed by atoms with Crippen LogP contribution < -0.4 is 4.74 Å². The molecule has 0 unspecified atom stereocenters. The fourth-order valence-corrected chi connectivity index (χ4v) is 4.25. The maximum atomic E-state index is 13.4. The standard InChI is InChI=1S/C26H24N2O3/c1-31-21-9-8-17-14-19(7-6-18(17)15-21)25-16-23(22-4-2-3-5-24(22)27-25)26(30)28-12-10-20(29)11-13-28/h2-9,14-16,20,29H,10-13H2,1H3. The molecule has 1 aromatic heterocycles. The number of hydrogen-bond donors (Lipinski definition) is 1. The van der Waals surface area contributed by atoms with E-state index < -0.39 is 0 Å². The van der Waals surface area contributed by atoms with E-state index in [2.05, 4.69) is 12.1 Å². The largest absolute Gasteiger partial charge is 0.497 e. The number of piperidine rings is 1. The van der Waals surface area contributed by atoms with E-state index in [-0.39, 0.29) is 12.0 Å². The van der Waals surface area contributed by atoms with Crippen LogP contribution in [0.4, 0.5) is 0 Å². The minimum absolute atomic E-state index is 0.00252. The van der Waals surface area contributed by atoms with E-state index in [1.165, 1.54) is 0 Å². The number of nitrogens with zero attached hydrogens (tertiary/aromatic N) is 2. The van der Waals surface area contributed by atoms with Gasteiger partial charge in [-0.2, -0.15) is 0 Å². The van der Waals surface area contributed by atoms with Crippen LogP contribution in [0.1, 0.15) is 23.2 Å². The van der Waals surface area contributed by atoms with Crippen LogP contribution in [0.2, 0.25) is 0 Å². The molecule has 1 saturated heterocycles. The lowest BCUT2D eigenvalue weighted by Gasteiger charge is -2.30. The molecule has 0 aliphatic carbocycles. The van der Waals surface area contributed by atoms with Gasteiger partial charge in [-0.25, -0.2) is 4.98 Å². The molecule has 31 heavy (non-hydrogen) atoms. The molecule has 3 aromatic carbocycles. The van der Waals surface area contributed by atoms with E-state index in [0.29, 0.717) is 31.5 Å². The fraction of sp³-hybridized carbons (Fsp3) is 0.231. The van der Waals surface area contributed by atoms with Crippen LogP contribution in [0.5, 0.6) is 5.75 Å². The molecule has 4 aromatic rings. The Morgan fingerprint density at radius 2 is 1.74 bits per heavy atom. The summed E-state index contributed by atoms with van der Waals surface area (Å²) >= 11 is 0. The summed E-state index contributed by atoms with van der Waals surface area (Å²) < 4.78 is 5.32. The number of amides is 1. The number of benzene rings is 3. The van der Waals surface area contributed by atoms with Crippen LogP contribution >= 0.6 is 0 Å². The van der Waals surface area contributed by atoms with Crippen LogP contribution in [0.15, 0.2) is 66.7 Å². The van der Waals surface area contributed by atoms with Crippen molar-refractivity contribution in [3.05, 3.63) is 72.3 Å². The highest BCUT2D eigenvalue weighted by Gasteiger charge is 2.24. The first-order chi connectivity index (χ1) is 15.1. The van der Waals surface area contributed by atoms with Gasteiger partial charge in [0, 0.05) is 24.0 Å². The van der Waals surface area contributed by atoms with Crippen LogP contribution in [0.3, 0.4) is 0 Å². The number of aliphatic hydroxyl groups excluding tert-OH is 1. The van der Waals surface area contributed by atoms with Crippen molar-refractivity contribution in [2.75, 3.05) is 20.2 Å². The minimum Gasteiger partial charge on any atom is -0.497 e. The van der Waals surface area contributed by atoms with Gasteiger partial charge in [0.25, 0.3) is 5.91 Å². The van der Waals surface area contributed by atoms with Crippen molar-refractivity contribution < 1.29 is 14.6 Å². The number of ether oxygens (including phenoxy) is 1. The van der Waals surface area contributed by atoms with Crippen LogP contribution in [0.25, 0.3) is 32.9 Å². The molecular formula is C26H24N2O3. The molecule has 0 spiro atoms. The molecular weight excluding hydrogens is 388 g/mol. The predicted molar refractivity (Wildman–Crippen MR) is 122 cm³/mol. The normalized spacial score (nSPS) is 14.8. The number of aromatic nitrogens is 1. The van der Waals surface area contributed by atoms with Gasteiger partial charge in [0.1, 0.15) is 5.75 Å². The van der Waals surface area contributed by atoms with Gasteiger partial charge in [-0.1, -0.05) is 36.4 Å². The van der Waals surface area contributed by atoms with Gasteiger partial charge in [-0.15, -0.1) is 0 Å². The Balaban J connectivity index is 1.60. The molecule has 1 N–H and O–H groups in total. The van der Waals surface area contributed by atoms with E-state index in [1.807, 2.05) is 59.5 Å². The molecule has 0 saturated carbocycles. The van der Waals surface area contributed by atoms with Crippen molar-refractivity contribution >= 4 is 27.6 Å². The maximum absolute atomic E-state index is 13.4. The van der Waals surface area contributed by atoms with Gasteiger partial charge in [-0.3, -0.25) is 4.79 Å². The molecule has 0 radical (unpaired) electrons. The highest BCUT2D eigenvalue weighted by atomic mass is 16.5. The molecule has 5 heteroatoms. The molecule has 156 valence electrons. The third-order valence-electron chi connectivity index (χ3n) is 6.04. The van der Waals surface area contributed by atoms with E-state index >= 15 is 0 Å². The first kappa shape index (κ1) is 19.5. The number of para-hydroxylation sites is 1. The number of hydrogen-bond acceptors (Lipinski definition) is 4. The number of likely N-dealkylation sites (tertiary alicyclic amines) is 1. The number of aliphatic hydroxyl groups is 1. The Labute approximate surface area is 180 Å². The second-order valence-electron chi connectivity index (χ2n) is 8.02. The predicted octanol–water partition coefficient (Wildman–Crippen LogP) is 4.66. The highest BCUT2D eigenvalue weighted by Crippen LogP contribution is 2.30. The monoisotopic (exact) mass is 412 g/mol. The number of carbonyl (C=O) groups is 1. The lowest BCUT2D eigenvalue weighted by atomic mass is 10.00. The molecule has 1 aliphatic heterocycles. The number of rotatable bonds is 3. The molecule has 0 bridgehead atoms. The molecule has 1 aliphatic rings. The third kappa shape index (κ3) is 3.73. The summed E-state index contributed by atoms with van der Waals surface area (Å²) in [5, 5.41) is 12.8. The van der Waals surface area contributed by atoms with Gasteiger partial charge in [0.2, 0.25) is 0 Å². The van der Waals surface area contributed by atoms with Gasteiger partial charge in [-0.05, 0) is 53.9 Å². The summed E-state index contributed by atoms with van der Waals surface area (Å²) in [6.07, 6.45) is 0.927. The first-order valence-corrected chi connectivity index (χ1v) is 10.6. The molecule has 1 fully saturated rings. The zero-order valence-corrected chi connectivity index (χ0v) is 17.4. The van der Waals surface area contributed by atoms with Crippen molar-refractivity contribution in [3.8, 4) is 17.0 Å². The van der Waals surface area contributed by atoms with Gasteiger partial charge in [0.05, 0.1) is 30.0 Å². The van der Waals surface area contributed by atoms with Gasteiger partial charge in [0.15, 0.2) is 0 Å².